The van der Waals surface area contributed by atoms with Crippen molar-refractivity contribution >= 4 is 21.5 Å². The van der Waals surface area contributed by atoms with Gasteiger partial charge in [-0.25, -0.2) is 17.5 Å². The molecule has 194 valence electrons. The summed E-state index contributed by atoms with van der Waals surface area (Å²) >= 11 is 0. The van der Waals surface area contributed by atoms with Crippen LogP contribution in [0.25, 0.3) is 0 Å². The Morgan fingerprint density at radius 1 is 1.00 bits per heavy atom. The number of carbonyl (C=O) groups is 1. The summed E-state index contributed by atoms with van der Waals surface area (Å²) in [6.45, 7) is 1.93. The number of nitrogens with zero attached hydrogens (tertiary/aromatic N) is 2. The summed E-state index contributed by atoms with van der Waals surface area (Å²) in [7, 11) is -4.17. The summed E-state index contributed by atoms with van der Waals surface area (Å²) in [6.07, 6.45) is 1.77. The molecule has 37 heavy (non-hydrogen) atoms. The number of halogens is 1. The van der Waals surface area contributed by atoms with Crippen LogP contribution in [0, 0.1) is 21.8 Å². The average Bonchev–Trinajstić information content (AvgIpc) is 2.92. The zero-order chi connectivity index (χ0) is 26.4. The molecule has 0 aromatic heterocycles. The number of benzene rings is 3. The summed E-state index contributed by atoms with van der Waals surface area (Å²) in [5.41, 5.74) is 0.786. The molecular weight excluding hydrogens is 497 g/mol. The van der Waals surface area contributed by atoms with E-state index in [1.54, 1.807) is 0 Å². The largest absolute Gasteiger partial charge is 0.303 e. The van der Waals surface area contributed by atoms with Crippen molar-refractivity contribution < 1.29 is 22.5 Å². The number of ketones is 1. The zero-order valence-corrected chi connectivity index (χ0v) is 20.9. The SMILES string of the molecule is O=C(c1ccc(F)cc1)C1CCN(CCC(NS(=O)(=O)c2ccccc2[N+](=O)[O-])c2ccccc2)CC1. The van der Waals surface area contributed by atoms with Crippen LogP contribution in [0.1, 0.15) is 41.2 Å². The molecule has 1 heterocycles. The standard InChI is InChI=1S/C27H28FN3O5S/c28-23-12-10-21(11-13-23)27(32)22-14-17-30(18-15-22)19-16-24(20-6-2-1-3-7-20)29-37(35,36)26-9-5-4-8-25(26)31(33)34/h1-13,22,24,29H,14-19H2. The van der Waals surface area contributed by atoms with Gasteiger partial charge >= 0.3 is 0 Å². The zero-order valence-electron chi connectivity index (χ0n) is 20.1. The van der Waals surface area contributed by atoms with E-state index in [2.05, 4.69) is 9.62 Å². The molecule has 3 aromatic rings. The number of carbonyl (C=O) groups excluding carboxylic acids is 1. The smallest absolute Gasteiger partial charge is 0.289 e. The van der Waals surface area contributed by atoms with E-state index in [1.807, 2.05) is 30.3 Å². The average molecular weight is 526 g/mol. The number of likely N-dealkylation sites (tertiary alicyclic amines) is 1. The topological polar surface area (TPSA) is 110 Å². The first kappa shape index (κ1) is 26.6. The Morgan fingerprint density at radius 2 is 1.62 bits per heavy atom. The number of sulfonamides is 1. The lowest BCUT2D eigenvalue weighted by Gasteiger charge is -2.32. The molecule has 1 fully saturated rings. The van der Waals surface area contributed by atoms with E-state index in [-0.39, 0.29) is 22.4 Å². The van der Waals surface area contributed by atoms with Crippen molar-refractivity contribution in [2.45, 2.75) is 30.2 Å². The fourth-order valence-corrected chi connectivity index (χ4v) is 6.08. The molecule has 1 aliphatic rings. The van der Waals surface area contributed by atoms with E-state index in [4.69, 9.17) is 0 Å². The van der Waals surface area contributed by atoms with E-state index < -0.39 is 26.7 Å². The highest BCUT2D eigenvalue weighted by atomic mass is 32.2. The van der Waals surface area contributed by atoms with E-state index in [0.717, 1.165) is 5.56 Å². The molecule has 3 aromatic carbocycles. The van der Waals surface area contributed by atoms with E-state index in [0.29, 0.717) is 44.5 Å². The highest BCUT2D eigenvalue weighted by molar-refractivity contribution is 7.89. The number of nitro benzene ring substituents is 1. The van der Waals surface area contributed by atoms with Gasteiger partial charge in [0.25, 0.3) is 5.69 Å². The minimum Gasteiger partial charge on any atom is -0.303 e. The number of Topliss-reactive ketones (excluding diaryl/α,β-unsaturated/α-hetero) is 1. The highest BCUT2D eigenvalue weighted by Crippen LogP contribution is 2.28. The van der Waals surface area contributed by atoms with Gasteiger partial charge in [0.1, 0.15) is 5.82 Å². The van der Waals surface area contributed by atoms with Gasteiger partial charge in [-0.05, 0) is 74.8 Å². The van der Waals surface area contributed by atoms with Crippen molar-refractivity contribution in [2.24, 2.45) is 5.92 Å². The van der Waals surface area contributed by atoms with Crippen molar-refractivity contribution in [3.63, 3.8) is 0 Å². The van der Waals surface area contributed by atoms with E-state index in [9.17, 15) is 27.7 Å². The molecule has 10 heteroatoms. The lowest BCUT2D eigenvalue weighted by atomic mass is 9.88. The Morgan fingerprint density at radius 3 is 2.27 bits per heavy atom. The Bertz CT molecular complexity index is 1340. The van der Waals surface area contributed by atoms with Gasteiger partial charge in [-0.3, -0.25) is 14.9 Å². The first-order valence-corrected chi connectivity index (χ1v) is 13.6. The van der Waals surface area contributed by atoms with Gasteiger partial charge in [0.05, 0.1) is 4.92 Å². The molecule has 4 rings (SSSR count). The third kappa shape index (κ3) is 6.65. The summed E-state index contributed by atoms with van der Waals surface area (Å²) in [5, 5.41) is 11.4. The van der Waals surface area contributed by atoms with Crippen LogP contribution in [0.15, 0.2) is 83.8 Å². The van der Waals surface area contributed by atoms with Gasteiger partial charge in [-0.15, -0.1) is 0 Å². The van der Waals surface area contributed by atoms with Crippen molar-refractivity contribution in [1.29, 1.82) is 0 Å². The van der Waals surface area contributed by atoms with Crippen LogP contribution in [0.2, 0.25) is 0 Å². The van der Waals surface area contributed by atoms with Gasteiger partial charge in [0.2, 0.25) is 10.0 Å². The predicted molar refractivity (Wildman–Crippen MR) is 137 cm³/mol. The van der Waals surface area contributed by atoms with Crippen LogP contribution in [0.5, 0.6) is 0 Å². The Hall–Kier alpha value is -3.47. The normalized spacial score (nSPS) is 15.8. The minimum atomic E-state index is -4.17. The van der Waals surface area contributed by atoms with Crippen molar-refractivity contribution in [3.05, 3.63) is 106 Å². The first-order chi connectivity index (χ1) is 17.7. The molecule has 0 amide bonds. The maximum atomic E-state index is 13.2. The number of nitro groups is 1. The Kier molecular flexibility index (Phi) is 8.42. The second-order valence-corrected chi connectivity index (χ2v) is 10.8. The summed E-state index contributed by atoms with van der Waals surface area (Å²) in [5.74, 6) is -0.500. The van der Waals surface area contributed by atoms with Crippen LogP contribution >= 0.6 is 0 Å². The second-order valence-electron chi connectivity index (χ2n) is 9.09. The van der Waals surface area contributed by atoms with Crippen LogP contribution < -0.4 is 4.72 Å². The number of nitrogens with one attached hydrogen (secondary N) is 1. The first-order valence-electron chi connectivity index (χ1n) is 12.1. The highest BCUT2D eigenvalue weighted by Gasteiger charge is 2.30. The molecule has 0 bridgehead atoms. The molecule has 0 saturated carbocycles. The summed E-state index contributed by atoms with van der Waals surface area (Å²) < 4.78 is 42.2. The fourth-order valence-electron chi connectivity index (χ4n) is 4.65. The summed E-state index contributed by atoms with van der Waals surface area (Å²) in [4.78, 5) is 25.3. The molecule has 1 saturated heterocycles. The number of piperidine rings is 1. The van der Waals surface area contributed by atoms with Crippen LogP contribution in [-0.2, 0) is 10.0 Å². The van der Waals surface area contributed by atoms with Crippen LogP contribution in [-0.4, -0.2) is 43.7 Å². The Balaban J connectivity index is 1.42. The van der Waals surface area contributed by atoms with Crippen LogP contribution in [0.4, 0.5) is 10.1 Å². The molecule has 1 aliphatic heterocycles. The molecule has 1 unspecified atom stereocenters. The Labute approximate surface area is 215 Å². The van der Waals surface area contributed by atoms with Gasteiger partial charge in [-0.1, -0.05) is 42.5 Å². The lowest BCUT2D eigenvalue weighted by Crippen LogP contribution is -2.38. The second kappa shape index (κ2) is 11.7. The molecule has 0 spiro atoms. The van der Waals surface area contributed by atoms with Crippen molar-refractivity contribution in [3.8, 4) is 0 Å². The number of hydrogen-bond acceptors (Lipinski definition) is 6. The molecule has 8 nitrogen and oxygen atoms in total. The molecule has 1 N–H and O–H groups in total. The van der Waals surface area contributed by atoms with Gasteiger partial charge in [0, 0.05) is 23.6 Å². The van der Waals surface area contributed by atoms with Gasteiger partial charge < -0.3 is 4.90 Å². The third-order valence-corrected chi connectivity index (χ3v) is 8.19. The van der Waals surface area contributed by atoms with Crippen LogP contribution in [0.3, 0.4) is 0 Å². The maximum Gasteiger partial charge on any atom is 0.289 e. The van der Waals surface area contributed by atoms with Crippen molar-refractivity contribution in [1.82, 2.24) is 9.62 Å². The van der Waals surface area contributed by atoms with Gasteiger partial charge in [-0.2, -0.15) is 0 Å². The van der Waals surface area contributed by atoms with Gasteiger partial charge in [0.15, 0.2) is 10.7 Å². The monoisotopic (exact) mass is 525 g/mol. The lowest BCUT2D eigenvalue weighted by molar-refractivity contribution is -0.387. The minimum absolute atomic E-state index is 0.0130. The maximum absolute atomic E-state index is 13.2. The fraction of sp³-hybridized carbons (Fsp3) is 0.296. The molecular formula is C27H28FN3O5S. The summed E-state index contributed by atoms with van der Waals surface area (Å²) in [6, 6.07) is 19.4. The molecule has 0 aliphatic carbocycles. The third-order valence-electron chi connectivity index (χ3n) is 6.67. The predicted octanol–water partition coefficient (Wildman–Crippen LogP) is 4.74. The number of hydrogen-bond donors (Lipinski definition) is 1. The van der Waals surface area contributed by atoms with Crippen molar-refractivity contribution in [2.75, 3.05) is 19.6 Å². The molecule has 0 radical (unpaired) electrons. The van der Waals surface area contributed by atoms with E-state index >= 15 is 0 Å². The van der Waals surface area contributed by atoms with E-state index in [1.165, 1.54) is 48.5 Å². The number of para-hydroxylation sites is 1. The molecule has 1 atom stereocenters. The quantitative estimate of drug-likeness (QED) is 0.233. The number of rotatable bonds is 10.